The number of quaternary nitrogens is 1. The van der Waals surface area contributed by atoms with Crippen LogP contribution in [0.3, 0.4) is 0 Å². The third-order valence-corrected chi connectivity index (χ3v) is 13.3. The summed E-state index contributed by atoms with van der Waals surface area (Å²) in [5.41, 5.74) is 0. The first-order valence-electron chi connectivity index (χ1n) is 33.6. The molecule has 0 amide bonds. The number of hydrogen-bond donors (Lipinski definition) is 1. The number of likely N-dealkylation sites (N-methyl/N-ethyl adjacent to an activating group) is 1. The quantitative estimate of drug-likeness (QED) is 0.0211. The van der Waals surface area contributed by atoms with Gasteiger partial charge in [-0.3, -0.25) is 9.59 Å². The molecule has 87 heavy (non-hydrogen) atoms. The lowest BCUT2D eigenvalue weighted by atomic mass is 10.1. The van der Waals surface area contributed by atoms with Gasteiger partial charge in [0.05, 0.1) is 34.4 Å². The van der Waals surface area contributed by atoms with Gasteiger partial charge in [-0.05, 0) is 141 Å². The van der Waals surface area contributed by atoms with Gasteiger partial charge in [0.1, 0.15) is 13.2 Å². The number of nitrogens with zero attached hydrogens (tertiary/aromatic N) is 1. The number of esters is 2. The number of carboxylic acid groups (broad SMARTS) is 1. The van der Waals surface area contributed by atoms with Gasteiger partial charge in [-0.1, -0.05) is 260 Å². The maximum atomic E-state index is 12.9. The minimum atomic E-state index is -1.53. The van der Waals surface area contributed by atoms with Crippen LogP contribution >= 0.6 is 0 Å². The first kappa shape index (κ1) is 81.1. The van der Waals surface area contributed by atoms with E-state index in [2.05, 4.69) is 208 Å². The van der Waals surface area contributed by atoms with Gasteiger partial charge in [0, 0.05) is 12.8 Å². The van der Waals surface area contributed by atoms with Crippen LogP contribution in [-0.2, 0) is 33.3 Å². The molecule has 0 heterocycles. The van der Waals surface area contributed by atoms with Crippen LogP contribution in [0.25, 0.3) is 0 Å². The molecule has 0 aliphatic rings. The van der Waals surface area contributed by atoms with Gasteiger partial charge in [0.25, 0.3) is 6.29 Å². The summed E-state index contributed by atoms with van der Waals surface area (Å²) < 4.78 is 22.9. The van der Waals surface area contributed by atoms with Gasteiger partial charge in [0.15, 0.2) is 6.10 Å². The van der Waals surface area contributed by atoms with Crippen LogP contribution in [0.1, 0.15) is 219 Å². The minimum Gasteiger partial charge on any atom is -0.477 e. The van der Waals surface area contributed by atoms with Gasteiger partial charge >= 0.3 is 17.9 Å². The van der Waals surface area contributed by atoms with E-state index in [1.807, 2.05) is 21.1 Å². The SMILES string of the molecule is CC/C=C\C/C=C\C/C=C\C/C=C\C/C=C\C/C=C\C/C=C\C/C=C\C/C=C\C/C=C\C/C=C\C/C=C\CCCCCCC(=O)OC(COC(=O)CCCCCCCCCC/C=C\C/C=C\C/C=C\C/C=C\CC)COC(OCC[N+](C)(C)C)C(=O)O. The zero-order valence-electron chi connectivity index (χ0n) is 55.3. The first-order valence-corrected chi connectivity index (χ1v) is 33.6. The fourth-order valence-electron chi connectivity index (χ4n) is 8.28. The van der Waals surface area contributed by atoms with Gasteiger partial charge in [0.2, 0.25) is 0 Å². The molecule has 9 nitrogen and oxygen atoms in total. The fourth-order valence-corrected chi connectivity index (χ4v) is 8.28. The Morgan fingerprint density at radius 3 is 0.920 bits per heavy atom. The van der Waals surface area contributed by atoms with E-state index in [9.17, 15) is 19.5 Å². The summed E-state index contributed by atoms with van der Waals surface area (Å²) in [6.45, 7) is 4.58. The van der Waals surface area contributed by atoms with E-state index in [1.165, 1.54) is 25.7 Å². The number of ether oxygens (including phenoxy) is 4. The molecule has 0 aliphatic heterocycles. The van der Waals surface area contributed by atoms with E-state index in [1.54, 1.807) is 0 Å². The van der Waals surface area contributed by atoms with Gasteiger partial charge < -0.3 is 28.5 Å². The highest BCUT2D eigenvalue weighted by atomic mass is 16.7. The van der Waals surface area contributed by atoms with Crippen molar-refractivity contribution in [2.24, 2.45) is 0 Å². The number of aliphatic carboxylic acids is 1. The summed E-state index contributed by atoms with van der Waals surface area (Å²) in [4.78, 5) is 37.5. The van der Waals surface area contributed by atoms with Crippen molar-refractivity contribution in [1.29, 1.82) is 0 Å². The zero-order valence-corrected chi connectivity index (χ0v) is 55.3. The molecule has 0 aliphatic carbocycles. The van der Waals surface area contributed by atoms with E-state index < -0.39 is 24.3 Å². The number of rotatable bonds is 59. The fraction of sp³-hybridized carbons (Fsp3) is 0.551. The number of carbonyl (C=O) groups excluding carboxylic acids is 2. The van der Waals surface area contributed by atoms with Crippen LogP contribution in [0.15, 0.2) is 194 Å². The number of allylic oxidation sites excluding steroid dienone is 32. The van der Waals surface area contributed by atoms with Crippen molar-refractivity contribution in [3.05, 3.63) is 194 Å². The lowest BCUT2D eigenvalue weighted by molar-refractivity contribution is -0.870. The Kier molecular flexibility index (Phi) is 61.6. The zero-order chi connectivity index (χ0) is 63.3. The highest BCUT2D eigenvalue weighted by molar-refractivity contribution is 5.71. The number of unbranched alkanes of at least 4 members (excludes halogenated alkanes) is 12. The Hall–Kier alpha value is -5.87. The van der Waals surface area contributed by atoms with Crippen LogP contribution in [-0.4, -0.2) is 87.4 Å². The van der Waals surface area contributed by atoms with Crippen molar-refractivity contribution in [2.75, 3.05) is 47.5 Å². The normalized spacial score (nSPS) is 14.0. The highest BCUT2D eigenvalue weighted by Crippen LogP contribution is 2.14. The molecule has 9 heteroatoms. The molecular weight excluding hydrogens is 1080 g/mol. The molecule has 0 radical (unpaired) electrons. The summed E-state index contributed by atoms with van der Waals surface area (Å²) in [6.07, 6.45) is 99.6. The molecule has 486 valence electrons. The molecule has 0 saturated heterocycles. The summed E-state index contributed by atoms with van der Waals surface area (Å²) >= 11 is 0. The van der Waals surface area contributed by atoms with E-state index in [0.29, 0.717) is 17.4 Å². The van der Waals surface area contributed by atoms with Crippen LogP contribution < -0.4 is 0 Å². The van der Waals surface area contributed by atoms with Crippen LogP contribution in [0.4, 0.5) is 0 Å². The Morgan fingerprint density at radius 2 is 0.621 bits per heavy atom. The number of carbonyl (C=O) groups is 3. The average molecular weight is 1200 g/mol. The highest BCUT2D eigenvalue weighted by Gasteiger charge is 2.25. The van der Waals surface area contributed by atoms with Crippen molar-refractivity contribution in [3.8, 4) is 0 Å². The largest absolute Gasteiger partial charge is 0.477 e. The van der Waals surface area contributed by atoms with Crippen molar-refractivity contribution < 1.29 is 42.9 Å². The maximum Gasteiger partial charge on any atom is 0.361 e. The predicted molar refractivity (Wildman–Crippen MR) is 372 cm³/mol. The van der Waals surface area contributed by atoms with Crippen LogP contribution in [0, 0.1) is 0 Å². The Balaban J connectivity index is 4.27. The second kappa shape index (κ2) is 66.1. The molecule has 0 spiro atoms. The minimum absolute atomic E-state index is 0.170. The van der Waals surface area contributed by atoms with Crippen LogP contribution in [0.5, 0.6) is 0 Å². The van der Waals surface area contributed by atoms with Gasteiger partial charge in [-0.25, -0.2) is 4.79 Å². The third kappa shape index (κ3) is 67.5. The molecule has 2 unspecified atom stereocenters. The van der Waals surface area contributed by atoms with Crippen molar-refractivity contribution >= 4 is 17.9 Å². The molecule has 1 N–H and O–H groups in total. The van der Waals surface area contributed by atoms with E-state index in [-0.39, 0.29) is 38.6 Å². The second-order valence-corrected chi connectivity index (χ2v) is 22.7. The summed E-state index contributed by atoms with van der Waals surface area (Å²) in [6, 6.07) is 0. The monoisotopic (exact) mass is 1200 g/mol. The summed E-state index contributed by atoms with van der Waals surface area (Å²) in [7, 11) is 5.94. The molecule has 0 rings (SSSR count). The lowest BCUT2D eigenvalue weighted by Crippen LogP contribution is -2.40. The standard InChI is InChI=1S/C78H121NO8/c1-6-8-10-12-14-16-18-20-22-24-26-28-29-30-31-32-33-34-35-36-37-38-39-40-41-42-43-44-45-46-47-49-51-53-55-57-59-61-63-65-67-69-76(81)87-74(73-86-78(77(82)83)84-71-70-79(3,4)5)72-85-75(80)68-66-64-62-60-58-56-54-52-50-48-27-25-23-21-19-17-15-13-11-9-7-2/h8-11,14-17,20-23,26-28,30-31,33-34,36-37,39-40,42-43,45-46,48-49,51,55,57,74,78H,6-7,12-13,18-19,24-25,29,32,35,38,41,44,47,50,52-54,56,58-73H2,1-5H3/p+1/b10-8-,11-9-,16-14-,17-15-,22-20-,23-21-,28-26-,31-30-,34-33-,37-36-,40-39-,43-42-,46-45-,48-27-,51-49-,57-55-. The smallest absolute Gasteiger partial charge is 0.361 e. The second-order valence-electron chi connectivity index (χ2n) is 22.7. The Morgan fingerprint density at radius 1 is 0.345 bits per heavy atom. The molecule has 0 aromatic rings. The lowest BCUT2D eigenvalue weighted by Gasteiger charge is -2.25. The number of hydrogen-bond acceptors (Lipinski definition) is 7. The topological polar surface area (TPSA) is 108 Å². The van der Waals surface area contributed by atoms with Crippen molar-refractivity contribution in [3.63, 3.8) is 0 Å². The van der Waals surface area contributed by atoms with E-state index in [0.717, 1.165) is 161 Å². The Labute approximate surface area is 532 Å². The molecule has 0 aromatic heterocycles. The summed E-state index contributed by atoms with van der Waals surface area (Å²) in [5, 5.41) is 9.73. The summed E-state index contributed by atoms with van der Waals surface area (Å²) in [5.74, 6) is -2.07. The molecular formula is C78H122NO8+. The molecule has 0 fully saturated rings. The van der Waals surface area contributed by atoms with Gasteiger partial charge in [-0.15, -0.1) is 0 Å². The average Bonchev–Trinajstić information content (AvgIpc) is 3.59. The predicted octanol–water partition coefficient (Wildman–Crippen LogP) is 21.0. The molecule has 0 saturated carbocycles. The number of carboxylic acids is 1. The van der Waals surface area contributed by atoms with Crippen molar-refractivity contribution in [1.82, 2.24) is 0 Å². The molecule has 0 aromatic carbocycles. The molecule has 2 atom stereocenters. The van der Waals surface area contributed by atoms with Gasteiger partial charge in [-0.2, -0.15) is 0 Å². The van der Waals surface area contributed by atoms with E-state index in [4.69, 9.17) is 18.9 Å². The first-order chi connectivity index (χ1) is 42.6. The third-order valence-electron chi connectivity index (χ3n) is 13.3. The Bertz CT molecular complexity index is 2130. The van der Waals surface area contributed by atoms with Crippen LogP contribution in [0.2, 0.25) is 0 Å². The maximum absolute atomic E-state index is 12.9. The van der Waals surface area contributed by atoms with E-state index >= 15 is 0 Å². The molecule has 0 bridgehead atoms. The van der Waals surface area contributed by atoms with Crippen molar-refractivity contribution in [2.45, 2.75) is 232 Å².